The van der Waals surface area contributed by atoms with E-state index < -0.39 is 0 Å². The molecule has 0 fully saturated rings. The highest BCUT2D eigenvalue weighted by molar-refractivity contribution is 7.71. The Morgan fingerprint density at radius 1 is 0.933 bits per heavy atom. The van der Waals surface area contributed by atoms with Crippen molar-refractivity contribution in [2.24, 2.45) is 5.10 Å². The molecule has 0 amide bonds. The molecular formula is C23H18N6S. The van der Waals surface area contributed by atoms with Crippen LogP contribution in [0.5, 0.6) is 0 Å². The molecule has 0 unspecified atom stereocenters. The number of fused-ring (bicyclic) bond motifs is 3. The molecule has 6 rings (SSSR count). The lowest BCUT2D eigenvalue weighted by Crippen LogP contribution is -1.98. The molecule has 2 heterocycles. The minimum Gasteiger partial charge on any atom is -0.282 e. The zero-order chi connectivity index (χ0) is 20.1. The van der Waals surface area contributed by atoms with Gasteiger partial charge in [-0.25, -0.2) is 5.10 Å². The minimum absolute atomic E-state index is 0.445. The van der Waals surface area contributed by atoms with Crippen molar-refractivity contribution in [2.75, 3.05) is 0 Å². The summed E-state index contributed by atoms with van der Waals surface area (Å²) in [6.45, 7) is 0. The van der Waals surface area contributed by atoms with Crippen molar-refractivity contribution in [3.63, 3.8) is 0 Å². The number of rotatable bonds is 3. The molecule has 0 bridgehead atoms. The molecule has 0 aliphatic heterocycles. The van der Waals surface area contributed by atoms with Crippen molar-refractivity contribution in [1.82, 2.24) is 25.1 Å². The standard InChI is InChI=1S/C23H18N6S/c30-23-28-27-22(21-18-10-5-11-20(18)25-26-21)29(23)24-13-19-16-8-3-1-6-14(16)12-15-7-2-4-9-17(15)19/h1-4,6-9,12-13H,5,10-11H2,(H,25,26)(H,28,30)/b24-13+. The number of aryl methyl sites for hydroxylation is 1. The zero-order valence-electron chi connectivity index (χ0n) is 16.1. The molecule has 7 heteroatoms. The van der Waals surface area contributed by atoms with Crippen molar-refractivity contribution in [2.45, 2.75) is 19.3 Å². The number of nitrogens with one attached hydrogen (secondary N) is 2. The van der Waals surface area contributed by atoms with E-state index >= 15 is 0 Å². The number of aromatic amines is 2. The van der Waals surface area contributed by atoms with Crippen LogP contribution in [-0.4, -0.2) is 31.3 Å². The van der Waals surface area contributed by atoms with Crippen molar-refractivity contribution >= 4 is 40.0 Å². The Labute approximate surface area is 177 Å². The number of benzene rings is 3. The van der Waals surface area contributed by atoms with E-state index in [1.54, 1.807) is 4.68 Å². The number of hydrogen-bond donors (Lipinski definition) is 2. The highest BCUT2D eigenvalue weighted by atomic mass is 32.1. The normalized spacial score (nSPS) is 13.6. The Hall–Kier alpha value is -3.58. The molecule has 0 spiro atoms. The lowest BCUT2D eigenvalue weighted by Gasteiger charge is -2.08. The van der Waals surface area contributed by atoms with E-state index in [2.05, 4.69) is 75.0 Å². The van der Waals surface area contributed by atoms with Gasteiger partial charge in [-0.15, -0.1) is 0 Å². The summed E-state index contributed by atoms with van der Waals surface area (Å²) in [4.78, 5) is 0. The number of H-pyrrole nitrogens is 2. The van der Waals surface area contributed by atoms with Crippen LogP contribution in [0, 0.1) is 4.77 Å². The average molecular weight is 411 g/mol. The second kappa shape index (κ2) is 6.74. The third kappa shape index (κ3) is 2.63. The fourth-order valence-electron chi connectivity index (χ4n) is 4.36. The summed E-state index contributed by atoms with van der Waals surface area (Å²) < 4.78 is 2.11. The van der Waals surface area contributed by atoms with Crippen LogP contribution in [0.25, 0.3) is 33.1 Å². The van der Waals surface area contributed by atoms with Crippen LogP contribution >= 0.6 is 12.2 Å². The maximum Gasteiger partial charge on any atom is 0.216 e. The summed E-state index contributed by atoms with van der Waals surface area (Å²) in [5, 5.41) is 24.3. The van der Waals surface area contributed by atoms with Crippen LogP contribution in [0.1, 0.15) is 23.2 Å². The first-order valence-electron chi connectivity index (χ1n) is 9.98. The topological polar surface area (TPSA) is 74.7 Å². The summed E-state index contributed by atoms with van der Waals surface area (Å²) >= 11 is 5.48. The van der Waals surface area contributed by atoms with Crippen molar-refractivity contribution in [1.29, 1.82) is 0 Å². The third-order valence-electron chi connectivity index (χ3n) is 5.78. The van der Waals surface area contributed by atoms with Crippen LogP contribution in [-0.2, 0) is 12.8 Å². The van der Waals surface area contributed by atoms with Gasteiger partial charge < -0.3 is 0 Å². The first-order valence-corrected chi connectivity index (χ1v) is 10.4. The predicted octanol–water partition coefficient (Wildman–Crippen LogP) is 5.01. The molecule has 146 valence electrons. The lowest BCUT2D eigenvalue weighted by atomic mass is 9.97. The lowest BCUT2D eigenvalue weighted by molar-refractivity contribution is 0.844. The third-order valence-corrected chi connectivity index (χ3v) is 6.05. The Kier molecular flexibility index (Phi) is 3.89. The molecule has 2 N–H and O–H groups in total. The minimum atomic E-state index is 0.445. The Morgan fingerprint density at radius 3 is 2.43 bits per heavy atom. The fourth-order valence-corrected chi connectivity index (χ4v) is 4.54. The first-order chi connectivity index (χ1) is 14.8. The van der Waals surface area contributed by atoms with Gasteiger partial charge in [0.15, 0.2) is 0 Å². The molecule has 0 saturated heterocycles. The van der Waals surface area contributed by atoms with E-state index in [9.17, 15) is 0 Å². The molecule has 2 aromatic heterocycles. The number of nitrogens with zero attached hydrogens (tertiary/aromatic N) is 4. The molecule has 0 saturated carbocycles. The molecule has 30 heavy (non-hydrogen) atoms. The van der Waals surface area contributed by atoms with Crippen molar-refractivity contribution in [3.05, 3.63) is 76.2 Å². The molecule has 5 aromatic rings. The second-order valence-corrected chi connectivity index (χ2v) is 7.91. The van der Waals surface area contributed by atoms with Crippen LogP contribution < -0.4 is 0 Å². The fraction of sp³-hybridized carbons (Fsp3) is 0.130. The summed E-state index contributed by atoms with van der Waals surface area (Å²) in [5.74, 6) is 0.639. The van der Waals surface area contributed by atoms with Gasteiger partial charge in [-0.05, 0) is 59.1 Å². The summed E-state index contributed by atoms with van der Waals surface area (Å²) in [6.07, 6.45) is 5.04. The molecule has 6 nitrogen and oxygen atoms in total. The molecule has 0 radical (unpaired) electrons. The van der Waals surface area contributed by atoms with Gasteiger partial charge >= 0.3 is 0 Å². The largest absolute Gasteiger partial charge is 0.282 e. The molecule has 1 aliphatic carbocycles. The summed E-state index contributed by atoms with van der Waals surface area (Å²) in [7, 11) is 0. The molecule has 1 aliphatic rings. The van der Waals surface area contributed by atoms with E-state index in [1.165, 1.54) is 22.0 Å². The maximum absolute atomic E-state index is 5.48. The van der Waals surface area contributed by atoms with Crippen molar-refractivity contribution < 1.29 is 0 Å². The van der Waals surface area contributed by atoms with E-state index in [0.29, 0.717) is 10.6 Å². The maximum atomic E-state index is 5.48. The Balaban J connectivity index is 1.54. The monoisotopic (exact) mass is 410 g/mol. The highest BCUT2D eigenvalue weighted by Crippen LogP contribution is 2.30. The van der Waals surface area contributed by atoms with Crippen molar-refractivity contribution in [3.8, 4) is 11.5 Å². The first kappa shape index (κ1) is 17.3. The van der Waals surface area contributed by atoms with E-state index in [-0.39, 0.29) is 0 Å². The Bertz CT molecular complexity index is 1450. The SMILES string of the molecule is S=c1[nH]nc(-c2n[nH]c3c2CCC3)n1/N=C/c1c2ccccc2cc2ccccc12. The van der Waals surface area contributed by atoms with Gasteiger partial charge in [-0.2, -0.15) is 20.0 Å². The van der Waals surface area contributed by atoms with Gasteiger partial charge in [-0.3, -0.25) is 5.10 Å². The smallest absolute Gasteiger partial charge is 0.216 e. The number of aromatic nitrogens is 5. The zero-order valence-corrected chi connectivity index (χ0v) is 16.9. The molecule has 0 atom stereocenters. The van der Waals surface area contributed by atoms with Crippen LogP contribution in [0.15, 0.2) is 59.7 Å². The van der Waals surface area contributed by atoms with Gasteiger partial charge in [0.25, 0.3) is 0 Å². The quantitative estimate of drug-likeness (QED) is 0.249. The average Bonchev–Trinajstić information content (AvgIpc) is 3.48. The van der Waals surface area contributed by atoms with E-state index in [0.717, 1.165) is 41.3 Å². The van der Waals surface area contributed by atoms with Gasteiger partial charge in [0.05, 0.1) is 6.21 Å². The van der Waals surface area contributed by atoms with Gasteiger partial charge in [-0.1, -0.05) is 48.5 Å². The van der Waals surface area contributed by atoms with E-state index in [4.69, 9.17) is 17.3 Å². The summed E-state index contributed by atoms with van der Waals surface area (Å²) in [5.41, 5.74) is 4.30. The van der Waals surface area contributed by atoms with E-state index in [1.807, 2.05) is 6.21 Å². The summed E-state index contributed by atoms with van der Waals surface area (Å²) in [6, 6.07) is 18.9. The molecule has 3 aromatic carbocycles. The van der Waals surface area contributed by atoms with Gasteiger partial charge in [0, 0.05) is 16.8 Å². The van der Waals surface area contributed by atoms with Gasteiger partial charge in [0.1, 0.15) is 5.69 Å². The van der Waals surface area contributed by atoms with Crippen LogP contribution in [0.3, 0.4) is 0 Å². The Morgan fingerprint density at radius 2 is 1.67 bits per heavy atom. The van der Waals surface area contributed by atoms with Crippen LogP contribution in [0.4, 0.5) is 0 Å². The highest BCUT2D eigenvalue weighted by Gasteiger charge is 2.23. The number of hydrogen-bond acceptors (Lipinski definition) is 4. The second-order valence-electron chi connectivity index (χ2n) is 7.52. The van der Waals surface area contributed by atoms with Gasteiger partial charge in [0.2, 0.25) is 10.6 Å². The predicted molar refractivity (Wildman–Crippen MR) is 121 cm³/mol. The molecular weight excluding hydrogens is 392 g/mol. The van der Waals surface area contributed by atoms with Crippen LogP contribution in [0.2, 0.25) is 0 Å².